The molecular weight excluding hydrogens is 400 g/mol. The van der Waals surface area contributed by atoms with Gasteiger partial charge in [-0.25, -0.2) is 5.43 Å². The third-order valence-electron chi connectivity index (χ3n) is 5.26. The molecule has 0 bridgehead atoms. The summed E-state index contributed by atoms with van der Waals surface area (Å²) in [5.41, 5.74) is 4.56. The fraction of sp³-hybridized carbons (Fsp3) is 0.333. The molecule has 0 fully saturated rings. The van der Waals surface area contributed by atoms with Gasteiger partial charge >= 0.3 is 0 Å². The van der Waals surface area contributed by atoms with E-state index < -0.39 is 0 Å². The first-order valence-corrected chi connectivity index (χ1v) is 10.8. The number of hydrogen-bond donors (Lipinski definition) is 2. The number of nitrogens with one attached hydrogen (secondary N) is 1. The fourth-order valence-corrected chi connectivity index (χ4v) is 3.55. The summed E-state index contributed by atoms with van der Waals surface area (Å²) in [6.07, 6.45) is 1.60. The molecule has 0 aliphatic carbocycles. The molecule has 5 heteroatoms. The normalized spacial score (nSPS) is 12.3. The van der Waals surface area contributed by atoms with Gasteiger partial charge in [-0.05, 0) is 40.0 Å². The van der Waals surface area contributed by atoms with E-state index in [1.54, 1.807) is 6.21 Å². The Kier molecular flexibility index (Phi) is 6.58. The summed E-state index contributed by atoms with van der Waals surface area (Å²) >= 11 is 0. The number of benzene rings is 3. The summed E-state index contributed by atoms with van der Waals surface area (Å²) in [6.45, 7) is 12.2. The molecule has 0 spiro atoms. The molecule has 0 atom stereocenters. The summed E-state index contributed by atoms with van der Waals surface area (Å²) in [6, 6.07) is 17.4. The van der Waals surface area contributed by atoms with Crippen molar-refractivity contribution >= 4 is 22.9 Å². The van der Waals surface area contributed by atoms with E-state index in [1.807, 2.05) is 54.6 Å². The van der Waals surface area contributed by atoms with Crippen LogP contribution in [-0.2, 0) is 15.6 Å². The first kappa shape index (κ1) is 23.3. The van der Waals surface area contributed by atoms with Crippen LogP contribution < -0.4 is 10.2 Å². The number of carbonyl (C=O) groups is 1. The number of amides is 1. The lowest BCUT2D eigenvalue weighted by molar-refractivity contribution is -0.123. The van der Waals surface area contributed by atoms with Gasteiger partial charge in [0.2, 0.25) is 0 Å². The van der Waals surface area contributed by atoms with Crippen molar-refractivity contribution in [3.05, 3.63) is 71.3 Å². The predicted octanol–water partition coefficient (Wildman–Crippen LogP) is 5.67. The van der Waals surface area contributed by atoms with Gasteiger partial charge in [0.15, 0.2) is 6.61 Å². The van der Waals surface area contributed by atoms with Crippen LogP contribution in [0.4, 0.5) is 0 Å². The van der Waals surface area contributed by atoms with Crippen molar-refractivity contribution in [3.8, 4) is 11.5 Å². The first-order valence-electron chi connectivity index (χ1n) is 10.8. The van der Waals surface area contributed by atoms with E-state index in [2.05, 4.69) is 52.1 Å². The molecule has 2 N–H and O–H groups in total. The van der Waals surface area contributed by atoms with E-state index in [-0.39, 0.29) is 23.3 Å². The van der Waals surface area contributed by atoms with Gasteiger partial charge < -0.3 is 9.84 Å². The van der Waals surface area contributed by atoms with Gasteiger partial charge in [0.1, 0.15) is 11.5 Å². The second-order valence-corrected chi connectivity index (χ2v) is 10.0. The number of aromatic hydroxyl groups is 1. The number of fused-ring (bicyclic) bond motifs is 1. The predicted molar refractivity (Wildman–Crippen MR) is 131 cm³/mol. The highest BCUT2D eigenvalue weighted by Crippen LogP contribution is 2.39. The van der Waals surface area contributed by atoms with E-state index in [1.165, 1.54) is 0 Å². The van der Waals surface area contributed by atoms with Crippen LogP contribution in [-0.4, -0.2) is 23.8 Å². The van der Waals surface area contributed by atoms with Gasteiger partial charge in [-0.2, -0.15) is 5.10 Å². The van der Waals surface area contributed by atoms with Gasteiger partial charge in [0, 0.05) is 16.5 Å². The number of phenolic OH excluding ortho intramolecular Hbond substituents is 1. The van der Waals surface area contributed by atoms with Crippen molar-refractivity contribution in [2.45, 2.75) is 52.4 Å². The summed E-state index contributed by atoms with van der Waals surface area (Å²) in [5.74, 6) is 0.625. The van der Waals surface area contributed by atoms with E-state index >= 15 is 0 Å². The number of nitrogens with zero attached hydrogens (tertiary/aromatic N) is 1. The molecule has 1 amide bonds. The Hall–Kier alpha value is -3.34. The third-order valence-corrected chi connectivity index (χ3v) is 5.26. The molecule has 3 aromatic carbocycles. The zero-order chi connectivity index (χ0) is 23.5. The number of ether oxygens (including phenoxy) is 1. The number of rotatable bonds is 5. The second kappa shape index (κ2) is 9.03. The largest absolute Gasteiger partial charge is 0.507 e. The van der Waals surface area contributed by atoms with Gasteiger partial charge in [0.05, 0.1) is 6.21 Å². The van der Waals surface area contributed by atoms with E-state index in [4.69, 9.17) is 4.74 Å². The average Bonchev–Trinajstić information content (AvgIpc) is 2.71. The molecule has 0 heterocycles. The fourth-order valence-electron chi connectivity index (χ4n) is 3.55. The average molecular weight is 433 g/mol. The van der Waals surface area contributed by atoms with E-state index in [9.17, 15) is 9.90 Å². The molecule has 0 aromatic heterocycles. The summed E-state index contributed by atoms with van der Waals surface area (Å²) in [7, 11) is 0. The molecule has 0 unspecified atom stereocenters. The molecule has 0 saturated heterocycles. The lowest BCUT2D eigenvalue weighted by atomic mass is 9.78. The topological polar surface area (TPSA) is 70.9 Å². The monoisotopic (exact) mass is 432 g/mol. The standard InChI is InChI=1S/C27H32N2O3/c1-26(2,3)21-14-18(15-22(25(21)31)27(4,5)6)16-28-29-24(30)17-32-23-13-9-11-19-10-7-8-12-20(19)23/h7-16,31H,17H2,1-6H3,(H,29,30)/b28-16+. The van der Waals surface area contributed by atoms with Gasteiger partial charge in [0.25, 0.3) is 5.91 Å². The zero-order valence-corrected chi connectivity index (χ0v) is 19.7. The third kappa shape index (κ3) is 5.47. The Bertz CT molecular complexity index is 1110. The highest BCUT2D eigenvalue weighted by atomic mass is 16.5. The SMILES string of the molecule is CC(C)(C)c1cc(/C=N/NC(=O)COc2cccc3ccccc23)cc(C(C)(C)C)c1O. The van der Waals surface area contributed by atoms with Gasteiger partial charge in [-0.1, -0.05) is 77.9 Å². The zero-order valence-electron chi connectivity index (χ0n) is 19.7. The van der Waals surface area contributed by atoms with Crippen LogP contribution in [0.3, 0.4) is 0 Å². The van der Waals surface area contributed by atoms with Crippen molar-refractivity contribution in [2.24, 2.45) is 5.10 Å². The lowest BCUT2D eigenvalue weighted by Gasteiger charge is -2.27. The molecule has 3 aromatic rings. The van der Waals surface area contributed by atoms with Crippen molar-refractivity contribution < 1.29 is 14.6 Å². The minimum atomic E-state index is -0.347. The van der Waals surface area contributed by atoms with Gasteiger partial charge in [-0.15, -0.1) is 0 Å². The highest BCUT2D eigenvalue weighted by Gasteiger charge is 2.26. The Morgan fingerprint density at radius 1 is 0.969 bits per heavy atom. The van der Waals surface area contributed by atoms with Crippen LogP contribution in [0.2, 0.25) is 0 Å². The molecule has 0 radical (unpaired) electrons. The molecule has 3 rings (SSSR count). The molecule has 0 saturated carbocycles. The van der Waals surface area contributed by atoms with Crippen LogP contribution in [0, 0.1) is 0 Å². The smallest absolute Gasteiger partial charge is 0.277 e. The minimum Gasteiger partial charge on any atom is -0.507 e. The van der Waals surface area contributed by atoms with Crippen molar-refractivity contribution in [3.63, 3.8) is 0 Å². The Morgan fingerprint density at radius 2 is 1.56 bits per heavy atom. The molecule has 0 aliphatic heterocycles. The van der Waals surface area contributed by atoms with E-state index in [0.29, 0.717) is 11.5 Å². The maximum Gasteiger partial charge on any atom is 0.277 e. The second-order valence-electron chi connectivity index (χ2n) is 10.0. The van der Waals surface area contributed by atoms with Crippen LogP contribution in [0.1, 0.15) is 58.2 Å². The van der Waals surface area contributed by atoms with Crippen LogP contribution >= 0.6 is 0 Å². The maximum absolute atomic E-state index is 12.3. The number of carbonyl (C=O) groups excluding carboxylic acids is 1. The van der Waals surface area contributed by atoms with Crippen molar-refractivity contribution in [2.75, 3.05) is 6.61 Å². The van der Waals surface area contributed by atoms with Crippen LogP contribution in [0.15, 0.2) is 59.7 Å². The Morgan fingerprint density at radius 3 is 2.19 bits per heavy atom. The minimum absolute atomic E-state index is 0.137. The van der Waals surface area contributed by atoms with Gasteiger partial charge in [-0.3, -0.25) is 4.79 Å². The summed E-state index contributed by atoms with van der Waals surface area (Å²) in [5, 5.41) is 16.9. The Balaban J connectivity index is 1.72. The van der Waals surface area contributed by atoms with E-state index in [0.717, 1.165) is 27.5 Å². The lowest BCUT2D eigenvalue weighted by Crippen LogP contribution is -2.24. The maximum atomic E-state index is 12.3. The van der Waals surface area contributed by atoms with Crippen molar-refractivity contribution in [1.29, 1.82) is 0 Å². The molecule has 168 valence electrons. The molecule has 5 nitrogen and oxygen atoms in total. The number of hydrazone groups is 1. The number of phenols is 1. The highest BCUT2D eigenvalue weighted by molar-refractivity contribution is 5.89. The first-order chi connectivity index (χ1) is 15.0. The molecule has 0 aliphatic rings. The van der Waals surface area contributed by atoms with Crippen molar-refractivity contribution in [1.82, 2.24) is 5.43 Å². The van der Waals surface area contributed by atoms with Crippen LogP contribution in [0.25, 0.3) is 10.8 Å². The Labute approximate surface area is 190 Å². The number of hydrogen-bond acceptors (Lipinski definition) is 4. The summed E-state index contributed by atoms with van der Waals surface area (Å²) < 4.78 is 5.71. The quantitative estimate of drug-likeness (QED) is 0.403. The van der Waals surface area contributed by atoms with Crippen LogP contribution in [0.5, 0.6) is 11.5 Å². The molecular formula is C27H32N2O3. The molecule has 32 heavy (non-hydrogen) atoms. The summed E-state index contributed by atoms with van der Waals surface area (Å²) in [4.78, 5) is 12.3.